The number of rotatable bonds is 7. The molecule has 4 rings (SSSR count). The zero-order valence-corrected chi connectivity index (χ0v) is 28.3. The third kappa shape index (κ3) is 10.9. The predicted octanol–water partition coefficient (Wildman–Crippen LogP) is 5.33. The molecule has 12 nitrogen and oxygen atoms in total. The minimum atomic E-state index is -3.67. The summed E-state index contributed by atoms with van der Waals surface area (Å²) in [6.45, 7) is 15.0. The predicted molar refractivity (Wildman–Crippen MR) is 173 cm³/mol. The van der Waals surface area contributed by atoms with Gasteiger partial charge in [0.1, 0.15) is 23.3 Å². The molecule has 1 aromatic carbocycles. The minimum Gasteiger partial charge on any atom is -0.489 e. The van der Waals surface area contributed by atoms with Crippen LogP contribution in [0.3, 0.4) is 0 Å². The topological polar surface area (TPSA) is 164 Å². The zero-order valence-electron chi connectivity index (χ0n) is 27.5. The number of benzene rings is 1. The van der Waals surface area contributed by atoms with Gasteiger partial charge in [0.15, 0.2) is 5.82 Å². The van der Waals surface area contributed by atoms with E-state index in [-0.39, 0.29) is 40.8 Å². The Morgan fingerprint density at radius 2 is 1.62 bits per heavy atom. The third-order valence-electron chi connectivity index (χ3n) is 7.64. The van der Waals surface area contributed by atoms with Crippen molar-refractivity contribution < 1.29 is 31.8 Å². The van der Waals surface area contributed by atoms with Gasteiger partial charge in [0.05, 0.1) is 18.9 Å². The van der Waals surface area contributed by atoms with Crippen LogP contribution in [0.15, 0.2) is 53.2 Å². The first kappa shape index (κ1) is 35.7. The van der Waals surface area contributed by atoms with Crippen molar-refractivity contribution >= 4 is 33.4 Å². The van der Waals surface area contributed by atoms with E-state index in [1.807, 2.05) is 20.8 Å². The summed E-state index contributed by atoms with van der Waals surface area (Å²) in [5, 5.41) is 9.53. The molecule has 1 saturated heterocycles. The highest BCUT2D eigenvalue weighted by molar-refractivity contribution is 7.85. The van der Waals surface area contributed by atoms with E-state index >= 15 is 0 Å². The molecular weight excluding hydrogens is 598 g/mol. The van der Waals surface area contributed by atoms with Gasteiger partial charge in [-0.2, -0.15) is 8.42 Å². The van der Waals surface area contributed by atoms with Crippen LogP contribution in [0.5, 0.6) is 5.75 Å². The normalized spacial score (nSPS) is 16.7. The van der Waals surface area contributed by atoms with Crippen LogP contribution in [0.1, 0.15) is 83.1 Å². The summed E-state index contributed by atoms with van der Waals surface area (Å²) < 4.78 is 37.4. The molecule has 1 aliphatic rings. The smallest absolute Gasteiger partial charge is 0.274 e. The lowest BCUT2D eigenvalue weighted by Gasteiger charge is -2.53. The van der Waals surface area contributed by atoms with Crippen LogP contribution in [0.2, 0.25) is 0 Å². The van der Waals surface area contributed by atoms with Crippen molar-refractivity contribution in [3.8, 4) is 5.75 Å². The molecule has 0 atom stereocenters. The van der Waals surface area contributed by atoms with E-state index in [1.54, 1.807) is 48.7 Å². The maximum atomic E-state index is 12.8. The Kier molecular flexibility index (Phi) is 10.8. The molecular formula is C32H45N5O7S. The molecule has 2 aromatic heterocycles. The van der Waals surface area contributed by atoms with Gasteiger partial charge in [-0.25, -0.2) is 4.98 Å². The lowest BCUT2D eigenvalue weighted by Crippen LogP contribution is -2.60. The second-order valence-electron chi connectivity index (χ2n) is 13.6. The fourth-order valence-corrected chi connectivity index (χ4v) is 5.10. The van der Waals surface area contributed by atoms with Crippen molar-refractivity contribution in [2.75, 3.05) is 23.9 Å². The molecule has 45 heavy (non-hydrogen) atoms. The van der Waals surface area contributed by atoms with E-state index in [9.17, 15) is 18.0 Å². The SMILES string of the molecule is CN1C(C)(C)CC(Oc2ccc(C(=O)Nc3ccc(CC(=O)Nc4cc(C(C)(C)C)on4)cc3)nc2)CC1(C)C.CS(=O)(=O)O. The number of amides is 2. The highest BCUT2D eigenvalue weighted by Gasteiger charge is 2.44. The number of hydrogen-bond donors (Lipinski definition) is 3. The van der Waals surface area contributed by atoms with E-state index in [4.69, 9.17) is 13.8 Å². The number of hydrogen-bond acceptors (Lipinski definition) is 9. The van der Waals surface area contributed by atoms with Crippen molar-refractivity contribution in [2.24, 2.45) is 0 Å². The van der Waals surface area contributed by atoms with E-state index in [0.717, 1.165) is 18.4 Å². The number of piperidine rings is 1. The first-order chi connectivity index (χ1) is 20.6. The average molecular weight is 644 g/mol. The Labute approximate surface area is 265 Å². The summed E-state index contributed by atoms with van der Waals surface area (Å²) in [6.07, 6.45) is 4.37. The van der Waals surface area contributed by atoms with Gasteiger partial charge >= 0.3 is 0 Å². The van der Waals surface area contributed by atoms with Gasteiger partial charge in [-0.05, 0) is 64.6 Å². The lowest BCUT2D eigenvalue weighted by atomic mass is 9.79. The molecule has 0 radical (unpaired) electrons. The number of aromatic nitrogens is 2. The van der Waals surface area contributed by atoms with E-state index in [0.29, 0.717) is 35.0 Å². The van der Waals surface area contributed by atoms with Crippen LogP contribution in [0, 0.1) is 0 Å². The molecule has 0 spiro atoms. The molecule has 0 bridgehead atoms. The van der Waals surface area contributed by atoms with Crippen LogP contribution in [-0.4, -0.2) is 70.3 Å². The molecule has 3 aromatic rings. The number of pyridine rings is 1. The Hall–Kier alpha value is -3.81. The van der Waals surface area contributed by atoms with Gasteiger partial charge in [0.25, 0.3) is 16.0 Å². The molecule has 0 unspecified atom stereocenters. The number of carbonyl (C=O) groups excluding carboxylic acids is 2. The number of carbonyl (C=O) groups is 2. The highest BCUT2D eigenvalue weighted by Crippen LogP contribution is 2.38. The van der Waals surface area contributed by atoms with Crippen LogP contribution < -0.4 is 15.4 Å². The van der Waals surface area contributed by atoms with E-state index in [2.05, 4.69) is 60.4 Å². The molecule has 0 aliphatic carbocycles. The average Bonchev–Trinajstić information content (AvgIpc) is 3.36. The van der Waals surface area contributed by atoms with Crippen LogP contribution in [0.25, 0.3) is 0 Å². The van der Waals surface area contributed by atoms with Gasteiger partial charge in [0.2, 0.25) is 5.91 Å². The number of anilines is 2. The van der Waals surface area contributed by atoms with Crippen LogP contribution >= 0.6 is 0 Å². The van der Waals surface area contributed by atoms with Gasteiger partial charge in [-0.1, -0.05) is 38.1 Å². The summed E-state index contributed by atoms with van der Waals surface area (Å²) >= 11 is 0. The second kappa shape index (κ2) is 13.7. The Balaban J connectivity index is 0.00000102. The van der Waals surface area contributed by atoms with Gasteiger partial charge in [-0.15, -0.1) is 0 Å². The number of ether oxygens (including phenoxy) is 1. The molecule has 3 N–H and O–H groups in total. The van der Waals surface area contributed by atoms with Gasteiger partial charge in [0, 0.05) is 41.1 Å². The summed E-state index contributed by atoms with van der Waals surface area (Å²) in [7, 11) is -1.50. The highest BCUT2D eigenvalue weighted by atomic mass is 32.2. The van der Waals surface area contributed by atoms with Gasteiger partial charge < -0.3 is 19.9 Å². The quantitative estimate of drug-likeness (QED) is 0.287. The largest absolute Gasteiger partial charge is 0.489 e. The van der Waals surface area contributed by atoms with Gasteiger partial charge in [-0.3, -0.25) is 19.0 Å². The van der Waals surface area contributed by atoms with Crippen molar-refractivity contribution in [1.29, 1.82) is 0 Å². The molecule has 2 amide bonds. The lowest BCUT2D eigenvalue weighted by molar-refractivity contribution is -0.115. The van der Waals surface area contributed by atoms with Crippen LogP contribution in [0.4, 0.5) is 11.5 Å². The fourth-order valence-electron chi connectivity index (χ4n) is 5.10. The summed E-state index contributed by atoms with van der Waals surface area (Å²) in [6, 6.07) is 12.3. The molecule has 3 heterocycles. The summed E-state index contributed by atoms with van der Waals surface area (Å²) in [5.41, 5.74) is 1.55. The first-order valence-electron chi connectivity index (χ1n) is 14.6. The van der Waals surface area contributed by atoms with Crippen molar-refractivity contribution in [3.63, 3.8) is 0 Å². The van der Waals surface area contributed by atoms with E-state index < -0.39 is 10.1 Å². The zero-order chi connectivity index (χ0) is 33.8. The molecule has 0 saturated carbocycles. The number of nitrogens with one attached hydrogen (secondary N) is 2. The standard InChI is InChI=1S/C31H41N5O4.CH4O3S/c1-29(2,3)25-16-26(35-40-25)34-27(37)15-20-9-11-21(12-10-20)33-28(38)24-14-13-22(19-32-24)39-23-17-30(4,5)36(8)31(6,7)18-23;1-5(2,3)4/h9-14,16,19,23H,15,17-18H2,1-8H3,(H,33,38)(H,34,35,37);1H3,(H,2,3,4). The maximum Gasteiger partial charge on any atom is 0.274 e. The Morgan fingerprint density at radius 1 is 1.04 bits per heavy atom. The molecule has 246 valence electrons. The van der Waals surface area contributed by atoms with Crippen molar-refractivity contribution in [1.82, 2.24) is 15.0 Å². The third-order valence-corrected chi connectivity index (χ3v) is 7.64. The molecule has 13 heteroatoms. The number of likely N-dealkylation sites (tertiary alicyclic amines) is 1. The molecule has 1 fully saturated rings. The Bertz CT molecular complexity index is 1550. The van der Waals surface area contributed by atoms with Crippen molar-refractivity contribution in [2.45, 2.75) is 90.3 Å². The maximum absolute atomic E-state index is 12.8. The Morgan fingerprint density at radius 3 is 2.11 bits per heavy atom. The summed E-state index contributed by atoms with van der Waals surface area (Å²) in [4.78, 5) is 31.9. The van der Waals surface area contributed by atoms with E-state index in [1.165, 1.54) is 0 Å². The van der Waals surface area contributed by atoms with Crippen LogP contribution in [-0.2, 0) is 26.7 Å². The summed E-state index contributed by atoms with van der Waals surface area (Å²) in [5.74, 6) is 1.22. The number of nitrogens with zero attached hydrogens (tertiary/aromatic N) is 3. The monoisotopic (exact) mass is 643 g/mol. The van der Waals surface area contributed by atoms with Crippen molar-refractivity contribution in [3.05, 3.63) is 65.7 Å². The first-order valence-corrected chi connectivity index (χ1v) is 16.4. The molecule has 1 aliphatic heterocycles. The second-order valence-corrected chi connectivity index (χ2v) is 15.1. The fraction of sp³-hybridized carbons (Fsp3) is 0.500. The minimum absolute atomic E-state index is 0.0201.